The average Bonchev–Trinajstić information content (AvgIpc) is 2.45. The molecule has 0 aliphatic carbocycles. The van der Waals surface area contributed by atoms with Crippen molar-refractivity contribution in [2.45, 2.75) is 53.1 Å². The molecule has 0 bridgehead atoms. The Balaban J connectivity index is 1.94. The van der Waals surface area contributed by atoms with E-state index in [1.807, 2.05) is 6.20 Å². The van der Waals surface area contributed by atoms with Crippen molar-refractivity contribution in [3.05, 3.63) is 24.0 Å². The predicted molar refractivity (Wildman–Crippen MR) is 86.0 cm³/mol. The highest BCUT2D eigenvalue weighted by molar-refractivity contribution is 5.46. The summed E-state index contributed by atoms with van der Waals surface area (Å²) in [7, 11) is 0. The van der Waals surface area contributed by atoms with Crippen LogP contribution in [-0.4, -0.2) is 24.1 Å². The number of piperidine rings is 1. The van der Waals surface area contributed by atoms with Crippen molar-refractivity contribution in [1.29, 1.82) is 0 Å². The molecule has 1 aromatic rings. The summed E-state index contributed by atoms with van der Waals surface area (Å²) in [4.78, 5) is 6.97. The van der Waals surface area contributed by atoms with Crippen molar-refractivity contribution >= 4 is 5.69 Å². The quantitative estimate of drug-likeness (QED) is 0.892. The zero-order valence-electron chi connectivity index (χ0n) is 13.4. The zero-order valence-corrected chi connectivity index (χ0v) is 13.4. The third-order valence-electron chi connectivity index (χ3n) is 4.34. The van der Waals surface area contributed by atoms with E-state index in [4.69, 9.17) is 0 Å². The van der Waals surface area contributed by atoms with Crippen LogP contribution in [0.3, 0.4) is 0 Å². The van der Waals surface area contributed by atoms with Crippen LogP contribution in [0.5, 0.6) is 0 Å². The van der Waals surface area contributed by atoms with Crippen molar-refractivity contribution in [2.24, 2.45) is 11.8 Å². The molecule has 3 nitrogen and oxygen atoms in total. The number of hydrogen-bond donors (Lipinski definition) is 1. The summed E-state index contributed by atoms with van der Waals surface area (Å²) < 4.78 is 0. The van der Waals surface area contributed by atoms with Gasteiger partial charge in [-0.15, -0.1) is 0 Å². The Morgan fingerprint density at radius 3 is 2.55 bits per heavy atom. The van der Waals surface area contributed by atoms with Crippen molar-refractivity contribution < 1.29 is 0 Å². The molecule has 1 saturated heterocycles. The van der Waals surface area contributed by atoms with Gasteiger partial charge in [0.2, 0.25) is 0 Å². The largest absolute Gasteiger partial charge is 0.371 e. The van der Waals surface area contributed by atoms with Gasteiger partial charge in [-0.3, -0.25) is 4.98 Å². The molecule has 1 aliphatic rings. The summed E-state index contributed by atoms with van der Waals surface area (Å²) in [6, 6.07) is 4.89. The molecule has 1 N–H and O–H groups in total. The third-order valence-corrected chi connectivity index (χ3v) is 4.34. The molecule has 0 unspecified atom stereocenters. The molecule has 20 heavy (non-hydrogen) atoms. The van der Waals surface area contributed by atoms with Crippen molar-refractivity contribution in [3.8, 4) is 0 Å². The minimum absolute atomic E-state index is 0.502. The third kappa shape index (κ3) is 4.20. The number of nitrogens with one attached hydrogen (secondary N) is 1. The van der Waals surface area contributed by atoms with E-state index in [1.54, 1.807) is 0 Å². The normalized spacial score (nSPS) is 17.2. The maximum absolute atomic E-state index is 4.46. The molecule has 1 aromatic heterocycles. The lowest BCUT2D eigenvalue weighted by atomic mass is 9.86. The standard InChI is InChI=1S/C17H29N3/c1-13(2)15-6-9-20(10-7-15)17-5-8-18-16(11-17)12-19-14(3)4/h5,8,11,13-15,19H,6-7,9-10,12H2,1-4H3. The summed E-state index contributed by atoms with van der Waals surface area (Å²) in [5, 5.41) is 3.43. The first-order valence-corrected chi connectivity index (χ1v) is 7.99. The molecule has 1 fully saturated rings. The fourth-order valence-electron chi connectivity index (χ4n) is 2.89. The van der Waals surface area contributed by atoms with E-state index >= 15 is 0 Å². The van der Waals surface area contributed by atoms with Gasteiger partial charge >= 0.3 is 0 Å². The Morgan fingerprint density at radius 2 is 1.95 bits per heavy atom. The van der Waals surface area contributed by atoms with Gasteiger partial charge < -0.3 is 10.2 Å². The van der Waals surface area contributed by atoms with Gasteiger partial charge in [0, 0.05) is 37.6 Å². The van der Waals surface area contributed by atoms with Crippen LogP contribution in [0.15, 0.2) is 18.3 Å². The van der Waals surface area contributed by atoms with Gasteiger partial charge in [-0.2, -0.15) is 0 Å². The molecule has 3 heteroatoms. The molecular formula is C17H29N3. The molecule has 112 valence electrons. The Labute approximate surface area is 123 Å². The minimum atomic E-state index is 0.502. The SMILES string of the molecule is CC(C)NCc1cc(N2CCC(C(C)C)CC2)ccn1. The highest BCUT2D eigenvalue weighted by atomic mass is 15.1. The molecule has 2 heterocycles. The van der Waals surface area contributed by atoms with Crippen LogP contribution in [0.4, 0.5) is 5.69 Å². The van der Waals surface area contributed by atoms with Crippen LogP contribution in [0.2, 0.25) is 0 Å². The van der Waals surface area contributed by atoms with Crippen molar-refractivity contribution in [2.75, 3.05) is 18.0 Å². The number of hydrogen-bond acceptors (Lipinski definition) is 3. The lowest BCUT2D eigenvalue weighted by molar-refractivity contribution is 0.311. The number of aromatic nitrogens is 1. The van der Waals surface area contributed by atoms with Gasteiger partial charge in [0.05, 0.1) is 5.69 Å². The van der Waals surface area contributed by atoms with E-state index in [9.17, 15) is 0 Å². The summed E-state index contributed by atoms with van der Waals surface area (Å²) in [5.74, 6) is 1.72. The van der Waals surface area contributed by atoms with Crippen LogP contribution >= 0.6 is 0 Å². The van der Waals surface area contributed by atoms with Crippen LogP contribution in [0.1, 0.15) is 46.2 Å². The highest BCUT2D eigenvalue weighted by Gasteiger charge is 2.21. The second-order valence-corrected chi connectivity index (χ2v) is 6.61. The first-order valence-electron chi connectivity index (χ1n) is 7.99. The van der Waals surface area contributed by atoms with Crippen LogP contribution < -0.4 is 10.2 Å². The fraction of sp³-hybridized carbons (Fsp3) is 0.706. The molecule has 2 rings (SSSR count). The van der Waals surface area contributed by atoms with E-state index in [-0.39, 0.29) is 0 Å². The van der Waals surface area contributed by atoms with E-state index in [0.29, 0.717) is 6.04 Å². The maximum atomic E-state index is 4.46. The molecule has 0 spiro atoms. The van der Waals surface area contributed by atoms with Crippen molar-refractivity contribution in [1.82, 2.24) is 10.3 Å². The van der Waals surface area contributed by atoms with Crippen LogP contribution in [-0.2, 0) is 6.54 Å². The molecule has 0 aromatic carbocycles. The lowest BCUT2D eigenvalue weighted by Crippen LogP contribution is -2.35. The molecule has 0 amide bonds. The predicted octanol–water partition coefficient (Wildman–Crippen LogP) is 3.45. The summed E-state index contributed by atoms with van der Waals surface area (Å²) in [6.07, 6.45) is 4.58. The smallest absolute Gasteiger partial charge is 0.0562 e. The van der Waals surface area contributed by atoms with E-state index in [2.05, 4.69) is 55.0 Å². The van der Waals surface area contributed by atoms with Crippen LogP contribution in [0.25, 0.3) is 0 Å². The summed E-state index contributed by atoms with van der Waals surface area (Å²) >= 11 is 0. The number of anilines is 1. The van der Waals surface area contributed by atoms with Gasteiger partial charge in [0.25, 0.3) is 0 Å². The first kappa shape index (κ1) is 15.3. The topological polar surface area (TPSA) is 28.2 Å². The Bertz CT molecular complexity index is 406. The van der Waals surface area contributed by atoms with Gasteiger partial charge in [0.1, 0.15) is 0 Å². The Morgan fingerprint density at radius 1 is 1.25 bits per heavy atom. The Kier molecular flexibility index (Phi) is 5.41. The van der Waals surface area contributed by atoms with Gasteiger partial charge in [-0.05, 0) is 36.8 Å². The van der Waals surface area contributed by atoms with Gasteiger partial charge in [0.15, 0.2) is 0 Å². The minimum Gasteiger partial charge on any atom is -0.371 e. The average molecular weight is 275 g/mol. The molecule has 1 aliphatic heterocycles. The molecule has 0 atom stereocenters. The molecule has 0 radical (unpaired) electrons. The summed E-state index contributed by atoms with van der Waals surface area (Å²) in [6.45, 7) is 12.3. The fourth-order valence-corrected chi connectivity index (χ4v) is 2.89. The lowest BCUT2D eigenvalue weighted by Gasteiger charge is -2.35. The van der Waals surface area contributed by atoms with E-state index in [1.165, 1.54) is 31.6 Å². The second kappa shape index (κ2) is 7.07. The van der Waals surface area contributed by atoms with E-state index < -0.39 is 0 Å². The first-order chi connectivity index (χ1) is 9.56. The van der Waals surface area contributed by atoms with Crippen molar-refractivity contribution in [3.63, 3.8) is 0 Å². The molecular weight excluding hydrogens is 246 g/mol. The van der Waals surface area contributed by atoms with Gasteiger partial charge in [-0.25, -0.2) is 0 Å². The number of pyridine rings is 1. The second-order valence-electron chi connectivity index (χ2n) is 6.61. The monoisotopic (exact) mass is 275 g/mol. The Hall–Kier alpha value is -1.09. The molecule has 0 saturated carbocycles. The van der Waals surface area contributed by atoms with Crippen LogP contribution in [0, 0.1) is 11.8 Å². The number of rotatable bonds is 5. The highest BCUT2D eigenvalue weighted by Crippen LogP contribution is 2.27. The number of nitrogens with zero attached hydrogens (tertiary/aromatic N) is 2. The van der Waals surface area contributed by atoms with Gasteiger partial charge in [-0.1, -0.05) is 27.7 Å². The zero-order chi connectivity index (χ0) is 14.5. The summed E-state index contributed by atoms with van der Waals surface area (Å²) in [5.41, 5.74) is 2.48. The van der Waals surface area contributed by atoms with E-state index in [0.717, 1.165) is 24.1 Å². The maximum Gasteiger partial charge on any atom is 0.0562 e.